The van der Waals surface area contributed by atoms with Crippen molar-refractivity contribution in [2.45, 2.75) is 63.9 Å². The highest BCUT2D eigenvalue weighted by Gasteiger charge is 2.33. The van der Waals surface area contributed by atoms with Gasteiger partial charge in [-0.15, -0.1) is 0 Å². The number of nitrogens with one attached hydrogen (secondary N) is 4. The van der Waals surface area contributed by atoms with Gasteiger partial charge in [0.1, 0.15) is 18.1 Å². The number of carbonyl (C=O) groups is 4. The summed E-state index contributed by atoms with van der Waals surface area (Å²) < 4.78 is 0. The van der Waals surface area contributed by atoms with Crippen LogP contribution < -0.4 is 21.7 Å². The quantitative estimate of drug-likeness (QED) is 0.165. The maximum absolute atomic E-state index is 12.8. The Bertz CT molecular complexity index is 788. The number of nitrogens with zero attached hydrogens (tertiary/aromatic N) is 1. The number of imidazole rings is 1. The van der Waals surface area contributed by atoms with Gasteiger partial charge in [-0.25, -0.2) is 9.78 Å². The molecule has 5 atom stereocenters. The molecule has 33 heavy (non-hydrogen) atoms. The van der Waals surface area contributed by atoms with E-state index >= 15 is 0 Å². The lowest BCUT2D eigenvalue weighted by Crippen LogP contribution is -2.60. The molecule has 0 aliphatic carbocycles. The number of amides is 3. The highest BCUT2D eigenvalue weighted by Crippen LogP contribution is 2.07. The molecule has 0 spiro atoms. The molecule has 0 saturated carbocycles. The van der Waals surface area contributed by atoms with Crippen molar-refractivity contribution in [1.29, 1.82) is 0 Å². The van der Waals surface area contributed by atoms with Crippen LogP contribution in [-0.2, 0) is 25.6 Å². The first-order chi connectivity index (χ1) is 15.5. The lowest BCUT2D eigenvalue weighted by atomic mass is 10.0. The molecule has 0 aliphatic rings. The van der Waals surface area contributed by atoms with Crippen LogP contribution in [0.25, 0.3) is 0 Å². The number of aromatic nitrogens is 2. The van der Waals surface area contributed by atoms with Crippen LogP contribution in [0.3, 0.4) is 0 Å². The van der Waals surface area contributed by atoms with Gasteiger partial charge in [0.15, 0.2) is 0 Å². The molecule has 0 aromatic carbocycles. The zero-order chi connectivity index (χ0) is 25.1. The first-order valence-corrected chi connectivity index (χ1v) is 11.9. The Hall–Kier alpha value is -2.64. The second-order valence-electron chi connectivity index (χ2n) is 8.03. The number of aliphatic hydroxyl groups excluding tert-OH is 1. The van der Waals surface area contributed by atoms with Gasteiger partial charge in [-0.2, -0.15) is 11.8 Å². The molecule has 1 aromatic heterocycles. The van der Waals surface area contributed by atoms with Crippen molar-refractivity contribution in [2.24, 2.45) is 11.7 Å². The average molecular weight is 487 g/mol. The number of rotatable bonds is 14. The molecule has 13 heteroatoms. The molecule has 186 valence electrons. The molecule has 0 radical (unpaired) electrons. The number of thioether (sulfide) groups is 1. The Balaban J connectivity index is 2.88. The highest BCUT2D eigenvalue weighted by atomic mass is 32.2. The fourth-order valence-electron chi connectivity index (χ4n) is 2.92. The van der Waals surface area contributed by atoms with Crippen LogP contribution >= 0.6 is 11.8 Å². The van der Waals surface area contributed by atoms with Gasteiger partial charge in [-0.05, 0) is 31.3 Å². The van der Waals surface area contributed by atoms with E-state index in [-0.39, 0.29) is 18.8 Å². The van der Waals surface area contributed by atoms with E-state index < -0.39 is 54.0 Å². The summed E-state index contributed by atoms with van der Waals surface area (Å²) in [6.07, 6.45) is 3.88. The van der Waals surface area contributed by atoms with Crippen molar-refractivity contribution >= 4 is 35.5 Å². The first kappa shape index (κ1) is 28.4. The third kappa shape index (κ3) is 9.40. The van der Waals surface area contributed by atoms with Gasteiger partial charge in [0.25, 0.3) is 0 Å². The van der Waals surface area contributed by atoms with Gasteiger partial charge in [0.2, 0.25) is 17.7 Å². The minimum Gasteiger partial charge on any atom is -0.480 e. The lowest BCUT2D eigenvalue weighted by Gasteiger charge is -2.27. The summed E-state index contributed by atoms with van der Waals surface area (Å²) >= 11 is 1.45. The molecule has 1 rings (SSSR count). The number of carbonyl (C=O) groups excluding carboxylic acids is 3. The normalized spacial score (nSPS) is 15.7. The summed E-state index contributed by atoms with van der Waals surface area (Å²) in [5, 5.41) is 26.8. The summed E-state index contributed by atoms with van der Waals surface area (Å²) in [5.74, 6) is -3.16. The third-order valence-corrected chi connectivity index (χ3v) is 5.51. The molecule has 8 N–H and O–H groups in total. The molecular formula is C20H34N6O6S. The number of hydrogen-bond donors (Lipinski definition) is 7. The highest BCUT2D eigenvalue weighted by molar-refractivity contribution is 7.98. The summed E-state index contributed by atoms with van der Waals surface area (Å²) in [4.78, 5) is 56.1. The molecule has 12 nitrogen and oxygen atoms in total. The summed E-state index contributed by atoms with van der Waals surface area (Å²) in [7, 11) is 0. The number of nitrogens with two attached hydrogens (primary N) is 1. The number of carboxylic acid groups (broad SMARTS) is 1. The second kappa shape index (κ2) is 13.8. The van der Waals surface area contributed by atoms with Gasteiger partial charge in [0, 0.05) is 18.3 Å². The standard InChI is InChI=1S/C20H34N6O6S/c1-10(2)15(20(31)32)25-18(29)14(5-6-33-4)24-19(30)16(11(3)27)26-17(28)13(21)7-12-8-22-9-23-12/h8-11,13-16,27H,5-7,21H2,1-4H3,(H,22,23)(H,24,30)(H,25,29)(H,26,28)(H,31,32). The maximum Gasteiger partial charge on any atom is 0.326 e. The predicted octanol–water partition coefficient (Wildman–Crippen LogP) is -1.39. The zero-order valence-electron chi connectivity index (χ0n) is 19.2. The summed E-state index contributed by atoms with van der Waals surface area (Å²) in [6, 6.07) is -4.55. The first-order valence-electron chi connectivity index (χ1n) is 10.5. The van der Waals surface area contributed by atoms with Gasteiger partial charge in [-0.3, -0.25) is 14.4 Å². The summed E-state index contributed by atoms with van der Waals surface area (Å²) in [5.41, 5.74) is 6.52. The molecule has 0 fully saturated rings. The smallest absolute Gasteiger partial charge is 0.326 e. The van der Waals surface area contributed by atoms with Gasteiger partial charge >= 0.3 is 5.97 Å². The number of carboxylic acids is 1. The predicted molar refractivity (Wildman–Crippen MR) is 123 cm³/mol. The molecule has 5 unspecified atom stereocenters. The van der Waals surface area contributed by atoms with Crippen LogP contribution in [0.15, 0.2) is 12.5 Å². The Kier molecular flexibility index (Phi) is 11.9. The van der Waals surface area contributed by atoms with E-state index in [4.69, 9.17) is 5.73 Å². The Morgan fingerprint density at radius 3 is 2.21 bits per heavy atom. The minimum absolute atomic E-state index is 0.143. The van der Waals surface area contributed by atoms with E-state index in [1.54, 1.807) is 13.8 Å². The van der Waals surface area contributed by atoms with E-state index in [1.807, 2.05) is 6.26 Å². The maximum atomic E-state index is 12.8. The number of aliphatic carboxylic acids is 1. The topological polar surface area (TPSA) is 200 Å². The van der Waals surface area contributed by atoms with Crippen LogP contribution in [-0.4, -0.2) is 86.2 Å². The van der Waals surface area contributed by atoms with Gasteiger partial charge < -0.3 is 36.9 Å². The Morgan fingerprint density at radius 1 is 1.09 bits per heavy atom. The number of aromatic amines is 1. The third-order valence-electron chi connectivity index (χ3n) is 4.87. The fourth-order valence-corrected chi connectivity index (χ4v) is 3.40. The molecule has 1 heterocycles. The molecule has 0 bridgehead atoms. The van der Waals surface area contributed by atoms with E-state index in [1.165, 1.54) is 31.2 Å². The minimum atomic E-state index is -1.37. The molecule has 1 aromatic rings. The number of aliphatic hydroxyl groups is 1. The Morgan fingerprint density at radius 2 is 1.73 bits per heavy atom. The number of hydrogen-bond acceptors (Lipinski definition) is 8. The van der Waals surface area contributed by atoms with Crippen molar-refractivity contribution < 1.29 is 29.4 Å². The van der Waals surface area contributed by atoms with E-state index in [0.29, 0.717) is 11.4 Å². The van der Waals surface area contributed by atoms with Crippen LogP contribution in [0.2, 0.25) is 0 Å². The monoisotopic (exact) mass is 486 g/mol. The SMILES string of the molecule is CSCCC(NC(=O)C(NC(=O)C(N)Cc1cnc[nH]1)C(C)O)C(=O)NC(C(=O)O)C(C)C. The summed E-state index contributed by atoms with van der Waals surface area (Å²) in [6.45, 7) is 4.63. The van der Waals surface area contributed by atoms with Crippen molar-refractivity contribution in [3.8, 4) is 0 Å². The zero-order valence-corrected chi connectivity index (χ0v) is 20.0. The molecule has 0 saturated heterocycles. The molecular weight excluding hydrogens is 452 g/mol. The van der Waals surface area contributed by atoms with Crippen LogP contribution in [0.5, 0.6) is 0 Å². The van der Waals surface area contributed by atoms with E-state index in [2.05, 4.69) is 25.9 Å². The van der Waals surface area contributed by atoms with Crippen molar-refractivity contribution in [3.05, 3.63) is 18.2 Å². The largest absolute Gasteiger partial charge is 0.480 e. The van der Waals surface area contributed by atoms with Gasteiger partial charge in [-0.1, -0.05) is 13.8 Å². The fraction of sp³-hybridized carbons (Fsp3) is 0.650. The van der Waals surface area contributed by atoms with E-state index in [0.717, 1.165) is 0 Å². The van der Waals surface area contributed by atoms with E-state index in [9.17, 15) is 29.4 Å². The molecule has 3 amide bonds. The molecule has 0 aliphatic heterocycles. The van der Waals surface area contributed by atoms with Crippen molar-refractivity contribution in [2.75, 3.05) is 12.0 Å². The van der Waals surface area contributed by atoms with Crippen LogP contribution in [0, 0.1) is 5.92 Å². The van der Waals surface area contributed by atoms with Crippen molar-refractivity contribution in [3.63, 3.8) is 0 Å². The lowest BCUT2D eigenvalue weighted by molar-refractivity contribution is -0.143. The van der Waals surface area contributed by atoms with Crippen molar-refractivity contribution in [1.82, 2.24) is 25.9 Å². The Labute approximate surface area is 196 Å². The second-order valence-corrected chi connectivity index (χ2v) is 9.01. The average Bonchev–Trinajstić information content (AvgIpc) is 3.24. The van der Waals surface area contributed by atoms with Crippen LogP contribution in [0.1, 0.15) is 32.9 Å². The van der Waals surface area contributed by atoms with Crippen LogP contribution in [0.4, 0.5) is 0 Å². The van der Waals surface area contributed by atoms with Gasteiger partial charge in [0.05, 0.1) is 18.5 Å². The number of H-pyrrole nitrogens is 1.